The lowest BCUT2D eigenvalue weighted by atomic mass is 9.60. The molecule has 0 unspecified atom stereocenters. The SMILES string of the molecule is COc1cc2c(cc1[N+](=O)[O-])OC(C)(C)[C@@](O)(C(C)(C)C)[C@H]2N(CCc1ccccc1)C(=O)O. The second-order valence-corrected chi connectivity index (χ2v) is 10.1. The zero-order valence-electron chi connectivity index (χ0n) is 20.4. The monoisotopic (exact) mass is 472 g/mol. The maximum absolute atomic E-state index is 12.6. The Balaban J connectivity index is 2.25. The van der Waals surface area contributed by atoms with Gasteiger partial charge in [0.2, 0.25) is 0 Å². The van der Waals surface area contributed by atoms with Crippen LogP contribution in [0.5, 0.6) is 11.5 Å². The van der Waals surface area contributed by atoms with Crippen LogP contribution in [0.25, 0.3) is 0 Å². The number of ether oxygens (including phenoxy) is 2. The Bertz CT molecular complexity index is 1080. The summed E-state index contributed by atoms with van der Waals surface area (Å²) in [5, 5.41) is 34.2. The van der Waals surface area contributed by atoms with Gasteiger partial charge in [-0.05, 0) is 37.3 Å². The van der Waals surface area contributed by atoms with Crippen LogP contribution in [-0.4, -0.2) is 51.0 Å². The molecule has 0 aromatic heterocycles. The first kappa shape index (κ1) is 25.3. The first-order valence-corrected chi connectivity index (χ1v) is 11.1. The van der Waals surface area contributed by atoms with Gasteiger partial charge < -0.3 is 19.7 Å². The molecule has 2 aromatic carbocycles. The molecule has 1 heterocycles. The molecule has 0 aliphatic carbocycles. The van der Waals surface area contributed by atoms with Gasteiger partial charge in [0.25, 0.3) is 0 Å². The molecule has 2 N–H and O–H groups in total. The number of fused-ring (bicyclic) bond motifs is 1. The minimum absolute atomic E-state index is 0.0401. The van der Waals surface area contributed by atoms with Gasteiger partial charge in [-0.25, -0.2) is 4.79 Å². The van der Waals surface area contributed by atoms with E-state index in [4.69, 9.17) is 9.47 Å². The van der Waals surface area contributed by atoms with Crippen LogP contribution in [0.2, 0.25) is 0 Å². The van der Waals surface area contributed by atoms with Gasteiger partial charge in [0, 0.05) is 12.1 Å². The maximum atomic E-state index is 12.6. The maximum Gasteiger partial charge on any atom is 0.407 e. The Hall–Kier alpha value is -3.33. The summed E-state index contributed by atoms with van der Waals surface area (Å²) in [7, 11) is 1.30. The topological polar surface area (TPSA) is 122 Å². The number of amides is 1. The lowest BCUT2D eigenvalue weighted by molar-refractivity contribution is -0.386. The summed E-state index contributed by atoms with van der Waals surface area (Å²) in [6, 6.07) is 11.0. The highest BCUT2D eigenvalue weighted by molar-refractivity contribution is 5.68. The number of nitro benzene ring substituents is 1. The van der Waals surface area contributed by atoms with E-state index in [0.717, 1.165) is 5.56 Å². The van der Waals surface area contributed by atoms with Crippen LogP contribution in [0.3, 0.4) is 0 Å². The number of nitro groups is 1. The molecule has 184 valence electrons. The Kier molecular flexibility index (Phi) is 6.54. The van der Waals surface area contributed by atoms with E-state index in [0.29, 0.717) is 12.0 Å². The van der Waals surface area contributed by atoms with E-state index in [1.54, 1.807) is 13.8 Å². The van der Waals surface area contributed by atoms with E-state index < -0.39 is 33.7 Å². The van der Waals surface area contributed by atoms with Crippen LogP contribution in [-0.2, 0) is 6.42 Å². The molecule has 1 amide bonds. The molecule has 0 saturated heterocycles. The second-order valence-electron chi connectivity index (χ2n) is 10.1. The van der Waals surface area contributed by atoms with Crippen molar-refractivity contribution >= 4 is 11.8 Å². The number of hydrogen-bond acceptors (Lipinski definition) is 6. The van der Waals surface area contributed by atoms with Crippen molar-refractivity contribution in [1.29, 1.82) is 0 Å². The average Bonchev–Trinajstić information content (AvgIpc) is 2.74. The molecule has 0 saturated carbocycles. The highest BCUT2D eigenvalue weighted by Gasteiger charge is 2.64. The number of methoxy groups -OCH3 is 1. The van der Waals surface area contributed by atoms with E-state index in [2.05, 4.69) is 0 Å². The van der Waals surface area contributed by atoms with Crippen molar-refractivity contribution in [2.45, 2.75) is 58.3 Å². The smallest absolute Gasteiger partial charge is 0.407 e. The highest BCUT2D eigenvalue weighted by atomic mass is 16.6. The number of aliphatic hydroxyl groups is 1. The summed E-state index contributed by atoms with van der Waals surface area (Å²) < 4.78 is 11.4. The number of hydrogen-bond donors (Lipinski definition) is 2. The summed E-state index contributed by atoms with van der Waals surface area (Å²) in [4.78, 5) is 24.9. The lowest BCUT2D eigenvalue weighted by Crippen LogP contribution is -2.69. The van der Waals surface area contributed by atoms with Crippen molar-refractivity contribution in [1.82, 2.24) is 4.90 Å². The first-order valence-electron chi connectivity index (χ1n) is 11.1. The van der Waals surface area contributed by atoms with Crippen molar-refractivity contribution in [3.63, 3.8) is 0 Å². The van der Waals surface area contributed by atoms with Crippen molar-refractivity contribution in [3.05, 3.63) is 63.7 Å². The van der Waals surface area contributed by atoms with Gasteiger partial charge in [0.1, 0.15) is 17.0 Å². The second kappa shape index (κ2) is 8.79. The zero-order chi connectivity index (χ0) is 25.5. The Morgan fingerprint density at radius 2 is 1.85 bits per heavy atom. The molecule has 2 aromatic rings. The van der Waals surface area contributed by atoms with Gasteiger partial charge in [-0.3, -0.25) is 15.0 Å². The fourth-order valence-corrected chi connectivity index (χ4v) is 5.02. The summed E-state index contributed by atoms with van der Waals surface area (Å²) >= 11 is 0. The van der Waals surface area contributed by atoms with Crippen LogP contribution < -0.4 is 9.47 Å². The van der Waals surface area contributed by atoms with E-state index in [9.17, 15) is 25.1 Å². The summed E-state index contributed by atoms with van der Waals surface area (Å²) in [5.41, 5.74) is -2.87. The number of nitrogens with zero attached hydrogens (tertiary/aromatic N) is 2. The third-order valence-corrected chi connectivity index (χ3v) is 6.67. The van der Waals surface area contributed by atoms with E-state index in [1.807, 2.05) is 51.1 Å². The molecule has 0 bridgehead atoms. The molecule has 2 atom stereocenters. The fraction of sp³-hybridized carbons (Fsp3) is 0.480. The lowest BCUT2D eigenvalue weighted by Gasteiger charge is -2.59. The Labute approximate surface area is 199 Å². The number of carboxylic acid groups (broad SMARTS) is 1. The van der Waals surface area contributed by atoms with Crippen LogP contribution in [0, 0.1) is 15.5 Å². The third kappa shape index (κ3) is 4.16. The van der Waals surface area contributed by atoms with Crippen LogP contribution in [0.1, 0.15) is 51.8 Å². The quantitative estimate of drug-likeness (QED) is 0.457. The fourth-order valence-electron chi connectivity index (χ4n) is 5.02. The average molecular weight is 473 g/mol. The van der Waals surface area contributed by atoms with Crippen molar-refractivity contribution in [2.24, 2.45) is 5.41 Å². The van der Waals surface area contributed by atoms with Gasteiger partial charge in [-0.2, -0.15) is 0 Å². The van der Waals surface area contributed by atoms with Crippen molar-refractivity contribution in [2.75, 3.05) is 13.7 Å². The molecule has 0 radical (unpaired) electrons. The van der Waals surface area contributed by atoms with Crippen molar-refractivity contribution in [3.8, 4) is 11.5 Å². The summed E-state index contributed by atoms with van der Waals surface area (Å²) in [6.07, 6.45) is -0.797. The van der Waals surface area contributed by atoms with Gasteiger partial charge in [-0.15, -0.1) is 0 Å². The minimum Gasteiger partial charge on any atom is -0.490 e. The van der Waals surface area contributed by atoms with Gasteiger partial charge in [0.05, 0.1) is 24.1 Å². The zero-order valence-corrected chi connectivity index (χ0v) is 20.4. The normalized spacial score (nSPS) is 21.2. The molecule has 0 spiro atoms. The predicted octanol–water partition coefficient (Wildman–Crippen LogP) is 4.82. The minimum atomic E-state index is -1.71. The van der Waals surface area contributed by atoms with E-state index >= 15 is 0 Å². The highest BCUT2D eigenvalue weighted by Crippen LogP contribution is 2.57. The first-order chi connectivity index (χ1) is 15.7. The van der Waals surface area contributed by atoms with E-state index in [-0.39, 0.29) is 23.7 Å². The van der Waals surface area contributed by atoms with E-state index in [1.165, 1.54) is 24.1 Å². The van der Waals surface area contributed by atoms with Crippen molar-refractivity contribution < 1.29 is 29.4 Å². The molecule has 0 fully saturated rings. The molecule has 3 rings (SSSR count). The van der Waals surface area contributed by atoms with Crippen LogP contribution in [0.15, 0.2) is 42.5 Å². The Morgan fingerprint density at radius 1 is 1.24 bits per heavy atom. The molecular weight excluding hydrogens is 440 g/mol. The molecular formula is C25H32N2O7. The number of rotatable bonds is 6. The molecule has 34 heavy (non-hydrogen) atoms. The summed E-state index contributed by atoms with van der Waals surface area (Å²) in [5.74, 6) is 0.101. The summed E-state index contributed by atoms with van der Waals surface area (Å²) in [6.45, 7) is 8.88. The predicted molar refractivity (Wildman–Crippen MR) is 126 cm³/mol. The van der Waals surface area contributed by atoms with Gasteiger partial charge >= 0.3 is 11.8 Å². The van der Waals surface area contributed by atoms with Gasteiger partial charge in [-0.1, -0.05) is 51.1 Å². The molecule has 1 aliphatic rings. The Morgan fingerprint density at radius 3 is 2.35 bits per heavy atom. The third-order valence-electron chi connectivity index (χ3n) is 6.67. The molecule has 1 aliphatic heterocycles. The molecule has 9 heteroatoms. The van der Waals surface area contributed by atoms with Crippen LogP contribution in [0.4, 0.5) is 10.5 Å². The standard InChI is InChI=1S/C25H32N2O7/c1-23(2,3)25(30)21(26(22(28)29)13-12-16-10-8-7-9-11-16)17-14-20(33-6)18(27(31)32)15-19(17)34-24(25,4)5/h7-11,14-15,21,30H,12-13H2,1-6H3,(H,28,29)/t21-,25-/m0/s1. The largest absolute Gasteiger partial charge is 0.490 e. The van der Waals surface area contributed by atoms with Gasteiger partial charge in [0.15, 0.2) is 5.75 Å². The van der Waals surface area contributed by atoms with Crippen LogP contribution >= 0.6 is 0 Å². The molecule has 9 nitrogen and oxygen atoms in total. The number of carbonyl (C=O) groups is 1. The number of benzene rings is 2.